The van der Waals surface area contributed by atoms with Crippen LogP contribution in [-0.4, -0.2) is 24.2 Å². The summed E-state index contributed by atoms with van der Waals surface area (Å²) in [6, 6.07) is 10.3. The van der Waals surface area contributed by atoms with Gasteiger partial charge in [0.1, 0.15) is 17.4 Å². The minimum atomic E-state index is -0.445. The predicted octanol–water partition coefficient (Wildman–Crippen LogP) is 3.59. The number of hydrogen-bond acceptors (Lipinski definition) is 2. The van der Waals surface area contributed by atoms with E-state index < -0.39 is 11.6 Å². The number of halogens is 3. The summed E-state index contributed by atoms with van der Waals surface area (Å²) in [6.45, 7) is 3.52. The number of phenols is 1. The molecule has 2 rings (SSSR count). The van der Waals surface area contributed by atoms with Crippen LogP contribution in [0.5, 0.6) is 5.75 Å². The van der Waals surface area contributed by atoms with Gasteiger partial charge in [-0.15, -0.1) is 24.0 Å². The van der Waals surface area contributed by atoms with Crippen molar-refractivity contribution in [2.75, 3.05) is 13.1 Å². The average Bonchev–Trinajstić information content (AvgIpc) is 2.57. The number of nitrogens with zero attached hydrogens (tertiary/aromatic N) is 1. The lowest BCUT2D eigenvalue weighted by Crippen LogP contribution is -2.38. The number of phenolic OH excluding ortho intramolecular Hbond substituents is 1. The second kappa shape index (κ2) is 10.9. The maximum Gasteiger partial charge on any atom is 0.191 e. The van der Waals surface area contributed by atoms with Crippen LogP contribution in [0.4, 0.5) is 8.78 Å². The lowest BCUT2D eigenvalue weighted by Gasteiger charge is -2.11. The van der Waals surface area contributed by atoms with E-state index in [1.807, 2.05) is 6.92 Å². The summed E-state index contributed by atoms with van der Waals surface area (Å²) in [4.78, 5) is 4.43. The standard InChI is InChI=1S/C18H21F2N3O.HI/c1-2-21-18(23-12-13-3-6-16(24)7-4-13)22-10-9-14-11-15(19)5-8-17(14)20;/h3-8,11,24H,2,9-10,12H2,1H3,(H2,21,22,23);1H. The Morgan fingerprint density at radius 2 is 1.80 bits per heavy atom. The van der Waals surface area contributed by atoms with Gasteiger partial charge in [-0.2, -0.15) is 0 Å². The van der Waals surface area contributed by atoms with Crippen LogP contribution in [0.1, 0.15) is 18.1 Å². The first kappa shape index (κ1) is 21.1. The molecule has 0 unspecified atom stereocenters. The smallest absolute Gasteiger partial charge is 0.191 e. The van der Waals surface area contributed by atoms with Gasteiger partial charge in [-0.3, -0.25) is 0 Å². The highest BCUT2D eigenvalue weighted by Crippen LogP contribution is 2.11. The van der Waals surface area contributed by atoms with Gasteiger partial charge in [-0.25, -0.2) is 13.8 Å². The fourth-order valence-corrected chi connectivity index (χ4v) is 2.16. The second-order valence-corrected chi connectivity index (χ2v) is 5.27. The number of rotatable bonds is 6. The molecule has 0 spiro atoms. The number of aromatic hydroxyl groups is 1. The SMILES string of the molecule is CCNC(=NCc1ccc(O)cc1)NCCc1cc(F)ccc1F.I. The molecule has 2 aromatic rings. The van der Waals surface area contributed by atoms with Gasteiger partial charge in [-0.1, -0.05) is 12.1 Å². The molecule has 0 aliphatic carbocycles. The third-order valence-electron chi connectivity index (χ3n) is 3.39. The summed E-state index contributed by atoms with van der Waals surface area (Å²) in [5.41, 5.74) is 1.29. The molecule has 0 saturated carbocycles. The van der Waals surface area contributed by atoms with Crippen molar-refractivity contribution in [2.45, 2.75) is 19.9 Å². The van der Waals surface area contributed by atoms with Gasteiger partial charge in [-0.05, 0) is 54.8 Å². The van der Waals surface area contributed by atoms with Crippen LogP contribution < -0.4 is 10.6 Å². The van der Waals surface area contributed by atoms with Crippen molar-refractivity contribution in [1.82, 2.24) is 10.6 Å². The molecule has 25 heavy (non-hydrogen) atoms. The zero-order valence-corrected chi connectivity index (χ0v) is 16.3. The molecule has 0 aliphatic heterocycles. The van der Waals surface area contributed by atoms with E-state index in [2.05, 4.69) is 15.6 Å². The highest BCUT2D eigenvalue weighted by molar-refractivity contribution is 14.0. The van der Waals surface area contributed by atoms with Crippen molar-refractivity contribution in [1.29, 1.82) is 0 Å². The minimum absolute atomic E-state index is 0. The van der Waals surface area contributed by atoms with Gasteiger partial charge in [0, 0.05) is 13.1 Å². The van der Waals surface area contributed by atoms with Gasteiger partial charge in [0.15, 0.2) is 5.96 Å². The van der Waals surface area contributed by atoms with Crippen molar-refractivity contribution in [3.05, 3.63) is 65.2 Å². The van der Waals surface area contributed by atoms with E-state index in [1.54, 1.807) is 24.3 Å². The Labute approximate surface area is 163 Å². The van der Waals surface area contributed by atoms with E-state index in [1.165, 1.54) is 6.07 Å². The summed E-state index contributed by atoms with van der Waals surface area (Å²) in [5.74, 6) is -0.0456. The average molecular weight is 461 g/mol. The topological polar surface area (TPSA) is 56.7 Å². The van der Waals surface area contributed by atoms with Crippen LogP contribution in [0.15, 0.2) is 47.5 Å². The molecule has 3 N–H and O–H groups in total. The number of benzene rings is 2. The summed E-state index contributed by atoms with van der Waals surface area (Å²) < 4.78 is 26.7. The molecular formula is C18H22F2IN3O. The van der Waals surface area contributed by atoms with Crippen molar-refractivity contribution in [2.24, 2.45) is 4.99 Å². The first-order chi connectivity index (χ1) is 11.6. The van der Waals surface area contributed by atoms with Gasteiger partial charge in [0.25, 0.3) is 0 Å². The zero-order chi connectivity index (χ0) is 17.4. The molecule has 2 aromatic carbocycles. The Morgan fingerprint density at radius 1 is 1.08 bits per heavy atom. The first-order valence-electron chi connectivity index (χ1n) is 7.82. The highest BCUT2D eigenvalue weighted by Gasteiger charge is 2.04. The molecule has 0 amide bonds. The van der Waals surface area contributed by atoms with Gasteiger partial charge < -0.3 is 15.7 Å². The number of guanidine groups is 1. The molecule has 0 radical (unpaired) electrons. The van der Waals surface area contributed by atoms with E-state index in [9.17, 15) is 13.9 Å². The van der Waals surface area contributed by atoms with Gasteiger partial charge in [0.05, 0.1) is 6.54 Å². The summed E-state index contributed by atoms with van der Waals surface area (Å²) in [6.07, 6.45) is 0.354. The lowest BCUT2D eigenvalue weighted by molar-refractivity contribution is 0.475. The maximum absolute atomic E-state index is 13.6. The fourth-order valence-electron chi connectivity index (χ4n) is 2.16. The fraction of sp³-hybridized carbons (Fsp3) is 0.278. The van der Waals surface area contributed by atoms with E-state index in [4.69, 9.17) is 0 Å². The summed E-state index contributed by atoms with van der Waals surface area (Å²) >= 11 is 0. The molecule has 0 atom stereocenters. The predicted molar refractivity (Wildman–Crippen MR) is 106 cm³/mol. The minimum Gasteiger partial charge on any atom is -0.508 e. The molecule has 7 heteroatoms. The summed E-state index contributed by atoms with van der Waals surface area (Å²) in [5, 5.41) is 15.5. The Bertz CT molecular complexity index is 693. The molecular weight excluding hydrogens is 439 g/mol. The Morgan fingerprint density at radius 3 is 2.48 bits per heavy atom. The Kier molecular flexibility index (Phi) is 9.18. The van der Waals surface area contributed by atoms with Crippen LogP contribution in [0.25, 0.3) is 0 Å². The Balaban J connectivity index is 0.00000312. The number of nitrogens with one attached hydrogen (secondary N) is 2. The van der Waals surface area contributed by atoms with E-state index >= 15 is 0 Å². The third kappa shape index (κ3) is 7.25. The van der Waals surface area contributed by atoms with E-state index in [0.717, 1.165) is 17.7 Å². The molecule has 0 aromatic heterocycles. The normalized spacial score (nSPS) is 10.9. The quantitative estimate of drug-likeness (QED) is 0.350. The van der Waals surface area contributed by atoms with E-state index in [0.29, 0.717) is 37.6 Å². The molecule has 136 valence electrons. The van der Waals surface area contributed by atoms with Gasteiger partial charge in [0.2, 0.25) is 0 Å². The van der Waals surface area contributed by atoms with Crippen LogP contribution in [0.3, 0.4) is 0 Å². The monoisotopic (exact) mass is 461 g/mol. The largest absolute Gasteiger partial charge is 0.508 e. The Hall–Kier alpha value is -1.90. The third-order valence-corrected chi connectivity index (χ3v) is 3.39. The van der Waals surface area contributed by atoms with Crippen molar-refractivity contribution in [3.8, 4) is 5.75 Å². The molecule has 0 aliphatic rings. The molecule has 0 bridgehead atoms. The molecule has 0 heterocycles. The zero-order valence-electron chi connectivity index (χ0n) is 13.9. The van der Waals surface area contributed by atoms with E-state index in [-0.39, 0.29) is 29.7 Å². The van der Waals surface area contributed by atoms with Gasteiger partial charge >= 0.3 is 0 Å². The second-order valence-electron chi connectivity index (χ2n) is 5.27. The van der Waals surface area contributed by atoms with Crippen LogP contribution >= 0.6 is 24.0 Å². The van der Waals surface area contributed by atoms with Crippen molar-refractivity contribution < 1.29 is 13.9 Å². The molecule has 4 nitrogen and oxygen atoms in total. The highest BCUT2D eigenvalue weighted by atomic mass is 127. The number of aliphatic imine (C=N–C) groups is 1. The first-order valence-corrected chi connectivity index (χ1v) is 7.82. The summed E-state index contributed by atoms with van der Waals surface area (Å²) in [7, 11) is 0. The van der Waals surface area contributed by atoms with Crippen LogP contribution in [-0.2, 0) is 13.0 Å². The maximum atomic E-state index is 13.6. The van der Waals surface area contributed by atoms with Crippen molar-refractivity contribution in [3.63, 3.8) is 0 Å². The lowest BCUT2D eigenvalue weighted by atomic mass is 10.1. The number of hydrogen-bond donors (Lipinski definition) is 3. The van der Waals surface area contributed by atoms with Crippen molar-refractivity contribution >= 4 is 29.9 Å². The van der Waals surface area contributed by atoms with Crippen LogP contribution in [0.2, 0.25) is 0 Å². The van der Waals surface area contributed by atoms with Crippen LogP contribution in [0, 0.1) is 11.6 Å². The molecule has 0 saturated heterocycles. The molecule has 0 fully saturated rings.